The van der Waals surface area contributed by atoms with E-state index in [1.807, 2.05) is 52.5 Å². The zero-order valence-electron chi connectivity index (χ0n) is 14.6. The van der Waals surface area contributed by atoms with Gasteiger partial charge in [-0.3, -0.25) is 4.79 Å². The van der Waals surface area contributed by atoms with Gasteiger partial charge in [-0.25, -0.2) is 0 Å². The van der Waals surface area contributed by atoms with Crippen LogP contribution in [0, 0.1) is 0 Å². The SMILES string of the molecule is CN(C)c1ccc(C(CNC(=O)c2ccc(Br)cc2)N(C)C)cc1. The van der Waals surface area contributed by atoms with Crippen molar-refractivity contribution < 1.29 is 4.79 Å². The van der Waals surface area contributed by atoms with E-state index in [9.17, 15) is 4.79 Å². The highest BCUT2D eigenvalue weighted by atomic mass is 79.9. The summed E-state index contributed by atoms with van der Waals surface area (Å²) in [4.78, 5) is 16.5. The monoisotopic (exact) mass is 389 g/mol. The molecule has 1 amide bonds. The Bertz CT molecular complexity index is 666. The fraction of sp³-hybridized carbons (Fsp3) is 0.316. The first-order valence-corrected chi connectivity index (χ1v) is 8.65. The molecule has 0 heterocycles. The lowest BCUT2D eigenvalue weighted by molar-refractivity contribution is 0.0942. The second-order valence-electron chi connectivity index (χ2n) is 6.18. The zero-order chi connectivity index (χ0) is 17.7. The number of amides is 1. The minimum absolute atomic E-state index is 0.0562. The van der Waals surface area contributed by atoms with Crippen LogP contribution in [0.1, 0.15) is 22.0 Å². The summed E-state index contributed by atoms with van der Waals surface area (Å²) >= 11 is 3.38. The molecule has 0 aromatic heterocycles. The summed E-state index contributed by atoms with van der Waals surface area (Å²) in [6.07, 6.45) is 0. The third-order valence-electron chi connectivity index (χ3n) is 3.98. The number of carbonyl (C=O) groups is 1. The molecule has 0 aliphatic carbocycles. The number of rotatable bonds is 6. The summed E-state index contributed by atoms with van der Waals surface area (Å²) in [5.74, 6) is -0.0562. The molecule has 2 rings (SSSR count). The second-order valence-corrected chi connectivity index (χ2v) is 7.10. The van der Waals surface area contributed by atoms with Gasteiger partial charge in [0, 0.05) is 36.4 Å². The van der Waals surface area contributed by atoms with Crippen molar-refractivity contribution in [3.63, 3.8) is 0 Å². The minimum atomic E-state index is -0.0562. The van der Waals surface area contributed by atoms with Crippen LogP contribution < -0.4 is 10.2 Å². The summed E-state index contributed by atoms with van der Waals surface area (Å²) in [5.41, 5.74) is 3.01. The van der Waals surface area contributed by atoms with Crippen molar-refractivity contribution in [1.82, 2.24) is 10.2 Å². The van der Waals surface area contributed by atoms with Gasteiger partial charge < -0.3 is 15.1 Å². The Labute approximate surface area is 152 Å². The minimum Gasteiger partial charge on any atom is -0.378 e. The van der Waals surface area contributed by atoms with Crippen LogP contribution >= 0.6 is 15.9 Å². The van der Waals surface area contributed by atoms with Gasteiger partial charge in [-0.15, -0.1) is 0 Å². The van der Waals surface area contributed by atoms with Gasteiger partial charge >= 0.3 is 0 Å². The maximum atomic E-state index is 12.3. The Morgan fingerprint density at radius 1 is 1.00 bits per heavy atom. The Hall–Kier alpha value is -1.85. The molecule has 1 N–H and O–H groups in total. The number of anilines is 1. The van der Waals surface area contributed by atoms with Gasteiger partial charge in [0.25, 0.3) is 5.91 Å². The highest BCUT2D eigenvalue weighted by molar-refractivity contribution is 9.10. The number of halogens is 1. The van der Waals surface area contributed by atoms with Crippen LogP contribution in [0.3, 0.4) is 0 Å². The first kappa shape index (κ1) is 18.5. The predicted octanol–water partition coefficient (Wildman–Crippen LogP) is 3.55. The molecule has 2 aromatic rings. The lowest BCUT2D eigenvalue weighted by Crippen LogP contribution is -2.34. The quantitative estimate of drug-likeness (QED) is 0.820. The number of carbonyl (C=O) groups excluding carboxylic acids is 1. The van der Waals surface area contributed by atoms with Gasteiger partial charge in [0.1, 0.15) is 0 Å². The number of hydrogen-bond acceptors (Lipinski definition) is 3. The molecule has 0 fully saturated rings. The van der Waals surface area contributed by atoms with Gasteiger partial charge in [-0.2, -0.15) is 0 Å². The Kier molecular flexibility index (Phi) is 6.40. The molecule has 0 radical (unpaired) electrons. The molecule has 5 heteroatoms. The normalized spacial score (nSPS) is 12.1. The highest BCUT2D eigenvalue weighted by Gasteiger charge is 2.16. The fourth-order valence-electron chi connectivity index (χ4n) is 2.49. The standard InChI is InChI=1S/C19H24BrN3O/c1-22(2)17-11-7-14(8-12-17)18(23(3)4)13-21-19(24)15-5-9-16(20)10-6-15/h5-12,18H,13H2,1-4H3,(H,21,24). The predicted molar refractivity (Wildman–Crippen MR) is 104 cm³/mol. The average molecular weight is 390 g/mol. The Balaban J connectivity index is 2.05. The van der Waals surface area contributed by atoms with E-state index in [4.69, 9.17) is 0 Å². The fourth-order valence-corrected chi connectivity index (χ4v) is 2.75. The van der Waals surface area contributed by atoms with Crippen LogP contribution in [0.2, 0.25) is 0 Å². The molecule has 0 saturated heterocycles. The number of nitrogens with one attached hydrogen (secondary N) is 1. The molecule has 4 nitrogen and oxygen atoms in total. The van der Waals surface area contributed by atoms with Crippen LogP contribution in [0.25, 0.3) is 0 Å². The van der Waals surface area contributed by atoms with Crippen molar-refractivity contribution in [2.75, 3.05) is 39.6 Å². The largest absolute Gasteiger partial charge is 0.378 e. The van der Waals surface area contributed by atoms with E-state index >= 15 is 0 Å². The van der Waals surface area contributed by atoms with Gasteiger partial charge in [0.2, 0.25) is 0 Å². The maximum absolute atomic E-state index is 12.3. The summed E-state index contributed by atoms with van der Waals surface area (Å²) in [5, 5.41) is 3.03. The second kappa shape index (κ2) is 8.31. The summed E-state index contributed by atoms with van der Waals surface area (Å²) < 4.78 is 0.964. The van der Waals surface area contributed by atoms with Crippen LogP contribution in [-0.2, 0) is 0 Å². The van der Waals surface area contributed by atoms with E-state index < -0.39 is 0 Å². The van der Waals surface area contributed by atoms with Crippen LogP contribution in [0.5, 0.6) is 0 Å². The Morgan fingerprint density at radius 3 is 2.08 bits per heavy atom. The number of likely N-dealkylation sites (N-methyl/N-ethyl adjacent to an activating group) is 1. The van der Waals surface area contributed by atoms with Gasteiger partial charge in [0.15, 0.2) is 0 Å². The topological polar surface area (TPSA) is 35.6 Å². The molecule has 0 aliphatic heterocycles. The molecule has 24 heavy (non-hydrogen) atoms. The van der Waals surface area contributed by atoms with Crippen molar-refractivity contribution in [3.8, 4) is 0 Å². The van der Waals surface area contributed by atoms with Crippen molar-refractivity contribution in [3.05, 3.63) is 64.1 Å². The summed E-state index contributed by atoms with van der Waals surface area (Å²) in [7, 11) is 8.10. The molecule has 0 spiro atoms. The average Bonchev–Trinajstić information content (AvgIpc) is 2.55. The van der Waals surface area contributed by atoms with E-state index in [0.29, 0.717) is 12.1 Å². The third kappa shape index (κ3) is 4.82. The molecule has 1 atom stereocenters. The number of nitrogens with zero attached hydrogens (tertiary/aromatic N) is 2. The number of benzene rings is 2. The van der Waals surface area contributed by atoms with Crippen molar-refractivity contribution >= 4 is 27.5 Å². The van der Waals surface area contributed by atoms with Crippen molar-refractivity contribution in [1.29, 1.82) is 0 Å². The molecule has 1 unspecified atom stereocenters. The van der Waals surface area contributed by atoms with E-state index in [-0.39, 0.29) is 11.9 Å². The van der Waals surface area contributed by atoms with Gasteiger partial charge in [0.05, 0.1) is 6.04 Å². The molecule has 0 bridgehead atoms. The van der Waals surface area contributed by atoms with E-state index in [1.165, 1.54) is 5.56 Å². The third-order valence-corrected chi connectivity index (χ3v) is 4.51. The molecule has 128 valence electrons. The lowest BCUT2D eigenvalue weighted by atomic mass is 10.0. The Morgan fingerprint density at radius 2 is 1.58 bits per heavy atom. The van der Waals surface area contributed by atoms with Crippen LogP contribution in [0.4, 0.5) is 5.69 Å². The van der Waals surface area contributed by atoms with Gasteiger partial charge in [-0.1, -0.05) is 28.1 Å². The summed E-state index contributed by atoms with van der Waals surface area (Å²) in [6, 6.07) is 15.9. The lowest BCUT2D eigenvalue weighted by Gasteiger charge is -2.26. The van der Waals surface area contributed by atoms with Crippen LogP contribution in [-0.4, -0.2) is 45.5 Å². The van der Waals surface area contributed by atoms with Crippen molar-refractivity contribution in [2.24, 2.45) is 0 Å². The van der Waals surface area contributed by atoms with Gasteiger partial charge in [-0.05, 0) is 56.1 Å². The van der Waals surface area contributed by atoms with E-state index in [0.717, 1.165) is 10.2 Å². The zero-order valence-corrected chi connectivity index (χ0v) is 16.2. The summed E-state index contributed by atoms with van der Waals surface area (Å²) in [6.45, 7) is 0.559. The van der Waals surface area contributed by atoms with Crippen LogP contribution in [0.15, 0.2) is 53.0 Å². The molecule has 0 saturated carbocycles. The number of hydrogen-bond donors (Lipinski definition) is 1. The smallest absolute Gasteiger partial charge is 0.251 e. The van der Waals surface area contributed by atoms with E-state index in [2.05, 4.69) is 55.3 Å². The highest BCUT2D eigenvalue weighted by Crippen LogP contribution is 2.21. The molecular weight excluding hydrogens is 366 g/mol. The van der Waals surface area contributed by atoms with E-state index in [1.54, 1.807) is 0 Å². The van der Waals surface area contributed by atoms with Crippen molar-refractivity contribution in [2.45, 2.75) is 6.04 Å². The molecule has 0 aliphatic rings. The maximum Gasteiger partial charge on any atom is 0.251 e. The molecule has 2 aromatic carbocycles. The first-order valence-electron chi connectivity index (χ1n) is 7.86. The first-order chi connectivity index (χ1) is 11.4. The molecular formula is C19H24BrN3O.